The normalized spacial score (nSPS) is 13.4. The first-order valence-electron chi connectivity index (χ1n) is 6.26. The Morgan fingerprint density at radius 2 is 2.00 bits per heavy atom. The van der Waals surface area contributed by atoms with E-state index in [-0.39, 0.29) is 6.54 Å². The lowest BCUT2D eigenvalue weighted by Crippen LogP contribution is -2.27. The standard InChI is InChI=1S/C14H13BFNO3/c16-14-6-12(3-1-9(14)7-17)20-11-4-2-10-8-19-15(18)13(10)5-11/h1-6,18H,7-8,17H2. The Balaban J connectivity index is 1.85. The molecule has 4 nitrogen and oxygen atoms in total. The van der Waals surface area contributed by atoms with Crippen LogP contribution in [0.15, 0.2) is 36.4 Å². The number of ether oxygens (including phenoxy) is 1. The number of benzene rings is 2. The summed E-state index contributed by atoms with van der Waals surface area (Å²) in [6.45, 7) is 0.533. The first kappa shape index (κ1) is 13.1. The first-order valence-corrected chi connectivity index (χ1v) is 6.26. The van der Waals surface area contributed by atoms with Crippen molar-refractivity contribution < 1.29 is 18.8 Å². The van der Waals surface area contributed by atoms with Gasteiger partial charge >= 0.3 is 7.12 Å². The Morgan fingerprint density at radius 3 is 2.75 bits per heavy atom. The van der Waals surface area contributed by atoms with Gasteiger partial charge in [-0.05, 0) is 29.2 Å². The lowest BCUT2D eigenvalue weighted by molar-refractivity contribution is 0.275. The predicted molar refractivity (Wildman–Crippen MR) is 73.2 cm³/mol. The van der Waals surface area contributed by atoms with Gasteiger partial charge in [-0.3, -0.25) is 0 Å². The molecule has 0 fully saturated rings. The first-order chi connectivity index (χ1) is 9.67. The maximum absolute atomic E-state index is 13.6. The molecule has 0 atom stereocenters. The van der Waals surface area contributed by atoms with Gasteiger partial charge in [0, 0.05) is 18.2 Å². The van der Waals surface area contributed by atoms with Gasteiger partial charge in [0.05, 0.1) is 6.61 Å². The van der Waals surface area contributed by atoms with E-state index in [1.54, 1.807) is 24.3 Å². The lowest BCUT2D eigenvalue weighted by Gasteiger charge is -2.09. The number of nitrogens with two attached hydrogens (primary N) is 1. The van der Waals surface area contributed by atoms with Gasteiger partial charge in [0.2, 0.25) is 0 Å². The van der Waals surface area contributed by atoms with E-state index in [0.717, 1.165) is 5.56 Å². The van der Waals surface area contributed by atoms with Crippen molar-refractivity contribution in [1.82, 2.24) is 0 Å². The maximum atomic E-state index is 13.6. The van der Waals surface area contributed by atoms with Crippen LogP contribution in [-0.4, -0.2) is 12.1 Å². The zero-order valence-corrected chi connectivity index (χ0v) is 10.7. The fraction of sp³-hybridized carbons (Fsp3) is 0.143. The molecule has 1 aliphatic heterocycles. The van der Waals surface area contributed by atoms with E-state index in [2.05, 4.69) is 0 Å². The minimum absolute atomic E-state index is 0.147. The Kier molecular flexibility index (Phi) is 3.44. The molecule has 102 valence electrons. The van der Waals surface area contributed by atoms with Gasteiger partial charge < -0.3 is 20.1 Å². The molecule has 0 aliphatic carbocycles. The summed E-state index contributed by atoms with van der Waals surface area (Å²) in [6, 6.07) is 9.83. The number of hydrogen-bond donors (Lipinski definition) is 2. The average Bonchev–Trinajstić information content (AvgIpc) is 2.81. The van der Waals surface area contributed by atoms with Gasteiger partial charge in [-0.1, -0.05) is 12.1 Å². The monoisotopic (exact) mass is 273 g/mol. The van der Waals surface area contributed by atoms with Crippen LogP contribution in [0.25, 0.3) is 0 Å². The van der Waals surface area contributed by atoms with E-state index in [1.165, 1.54) is 6.07 Å². The molecule has 0 amide bonds. The van der Waals surface area contributed by atoms with Gasteiger partial charge in [0.15, 0.2) is 0 Å². The summed E-state index contributed by atoms with van der Waals surface area (Å²) in [7, 11) is -0.926. The number of hydrogen-bond acceptors (Lipinski definition) is 4. The Hall–Kier alpha value is -1.89. The third kappa shape index (κ3) is 2.41. The fourth-order valence-corrected chi connectivity index (χ4v) is 2.15. The number of fused-ring (bicyclic) bond motifs is 1. The highest BCUT2D eigenvalue weighted by atomic mass is 19.1. The smallest absolute Gasteiger partial charge is 0.457 e. The number of halogens is 1. The van der Waals surface area contributed by atoms with Crippen molar-refractivity contribution in [1.29, 1.82) is 0 Å². The van der Waals surface area contributed by atoms with Crippen molar-refractivity contribution >= 4 is 12.6 Å². The Labute approximate surface area is 116 Å². The molecule has 0 unspecified atom stereocenters. The van der Waals surface area contributed by atoms with E-state index in [1.807, 2.05) is 6.07 Å². The molecule has 3 N–H and O–H groups in total. The van der Waals surface area contributed by atoms with E-state index >= 15 is 0 Å². The van der Waals surface area contributed by atoms with Crippen LogP contribution in [0.1, 0.15) is 11.1 Å². The summed E-state index contributed by atoms with van der Waals surface area (Å²) in [5.41, 5.74) is 7.45. The fourth-order valence-electron chi connectivity index (χ4n) is 2.15. The highest BCUT2D eigenvalue weighted by Gasteiger charge is 2.27. The number of rotatable bonds is 3. The van der Waals surface area contributed by atoms with Crippen LogP contribution in [0.4, 0.5) is 4.39 Å². The van der Waals surface area contributed by atoms with Crippen molar-refractivity contribution in [2.75, 3.05) is 0 Å². The highest BCUT2D eigenvalue weighted by Crippen LogP contribution is 2.24. The van der Waals surface area contributed by atoms with E-state index < -0.39 is 12.9 Å². The molecule has 1 aliphatic rings. The quantitative estimate of drug-likeness (QED) is 0.827. The van der Waals surface area contributed by atoms with Gasteiger partial charge in [-0.15, -0.1) is 0 Å². The molecule has 0 saturated heterocycles. The maximum Gasteiger partial charge on any atom is 0.491 e. The third-order valence-electron chi connectivity index (χ3n) is 3.26. The van der Waals surface area contributed by atoms with Crippen LogP contribution in [0.3, 0.4) is 0 Å². The molecule has 20 heavy (non-hydrogen) atoms. The topological polar surface area (TPSA) is 64.7 Å². The molecule has 0 spiro atoms. The van der Waals surface area contributed by atoms with Gasteiger partial charge in [-0.2, -0.15) is 0 Å². The summed E-state index contributed by atoms with van der Waals surface area (Å²) in [5.74, 6) is 0.510. The molecule has 0 bridgehead atoms. The van der Waals surface area contributed by atoms with Crippen LogP contribution >= 0.6 is 0 Å². The Morgan fingerprint density at radius 1 is 1.25 bits per heavy atom. The van der Waals surface area contributed by atoms with E-state index in [4.69, 9.17) is 15.1 Å². The summed E-state index contributed by atoms with van der Waals surface area (Å²) >= 11 is 0. The predicted octanol–water partition coefficient (Wildman–Crippen LogP) is 1.29. The molecule has 3 rings (SSSR count). The summed E-state index contributed by atoms with van der Waals surface area (Å²) in [5, 5.41) is 9.63. The second-order valence-electron chi connectivity index (χ2n) is 4.58. The highest BCUT2D eigenvalue weighted by molar-refractivity contribution is 6.61. The van der Waals surface area contributed by atoms with Gasteiger partial charge in [0.25, 0.3) is 0 Å². The molecule has 0 aromatic heterocycles. The van der Waals surface area contributed by atoms with Gasteiger partial charge in [0.1, 0.15) is 17.3 Å². The zero-order valence-electron chi connectivity index (χ0n) is 10.7. The SMILES string of the molecule is NCc1ccc(Oc2ccc3c(c2)B(O)OC3)cc1F. The molecule has 0 radical (unpaired) electrons. The summed E-state index contributed by atoms with van der Waals surface area (Å²) in [4.78, 5) is 0. The molecule has 1 heterocycles. The molecular formula is C14H13BFNO3. The van der Waals surface area contributed by atoms with Gasteiger partial charge in [-0.25, -0.2) is 4.39 Å². The molecule has 2 aromatic carbocycles. The van der Waals surface area contributed by atoms with Crippen molar-refractivity contribution in [2.45, 2.75) is 13.2 Å². The van der Waals surface area contributed by atoms with Crippen LogP contribution < -0.4 is 15.9 Å². The van der Waals surface area contributed by atoms with E-state index in [9.17, 15) is 9.41 Å². The zero-order chi connectivity index (χ0) is 14.1. The van der Waals surface area contributed by atoms with Crippen LogP contribution in [0, 0.1) is 5.82 Å². The molecule has 2 aromatic rings. The molecular weight excluding hydrogens is 260 g/mol. The summed E-state index contributed by atoms with van der Waals surface area (Å²) < 4.78 is 24.3. The van der Waals surface area contributed by atoms with E-state index in [0.29, 0.717) is 29.1 Å². The third-order valence-corrected chi connectivity index (χ3v) is 3.26. The van der Waals surface area contributed by atoms with Crippen LogP contribution in [0.5, 0.6) is 11.5 Å². The second kappa shape index (κ2) is 5.24. The Bertz CT molecular complexity index is 650. The van der Waals surface area contributed by atoms with Crippen molar-refractivity contribution in [3.8, 4) is 11.5 Å². The summed E-state index contributed by atoms with van der Waals surface area (Å²) in [6.07, 6.45) is 0. The molecule has 0 saturated carbocycles. The van der Waals surface area contributed by atoms with Crippen molar-refractivity contribution in [3.05, 3.63) is 53.3 Å². The van der Waals surface area contributed by atoms with Crippen molar-refractivity contribution in [2.24, 2.45) is 5.73 Å². The average molecular weight is 273 g/mol. The minimum atomic E-state index is -0.926. The van der Waals surface area contributed by atoms with Crippen LogP contribution in [0.2, 0.25) is 0 Å². The van der Waals surface area contributed by atoms with Crippen LogP contribution in [-0.2, 0) is 17.8 Å². The second-order valence-corrected chi connectivity index (χ2v) is 4.58. The lowest BCUT2D eigenvalue weighted by atomic mass is 9.79. The largest absolute Gasteiger partial charge is 0.491 e. The minimum Gasteiger partial charge on any atom is -0.457 e. The van der Waals surface area contributed by atoms with Crippen molar-refractivity contribution in [3.63, 3.8) is 0 Å². The molecule has 6 heteroatoms.